The number of aromatic nitrogens is 1. The molecular formula is C16H21FN2O4. The lowest BCUT2D eigenvalue weighted by Crippen LogP contribution is -2.41. The van der Waals surface area contributed by atoms with E-state index in [2.05, 4.69) is 4.98 Å². The molecule has 6 nitrogen and oxygen atoms in total. The molecule has 0 spiro atoms. The molecule has 126 valence electrons. The average molecular weight is 324 g/mol. The Labute approximate surface area is 134 Å². The van der Waals surface area contributed by atoms with Crippen LogP contribution >= 0.6 is 0 Å². The maximum absolute atomic E-state index is 14.0. The van der Waals surface area contributed by atoms with E-state index < -0.39 is 17.5 Å². The second kappa shape index (κ2) is 6.52. The fraction of sp³-hybridized carbons (Fsp3) is 0.562. The number of hydrogen-bond acceptors (Lipinski definition) is 4. The molecule has 0 aromatic carbocycles. The summed E-state index contributed by atoms with van der Waals surface area (Å²) in [7, 11) is 0. The van der Waals surface area contributed by atoms with Crippen molar-refractivity contribution in [1.29, 1.82) is 0 Å². The molecular weight excluding hydrogens is 303 g/mol. The van der Waals surface area contributed by atoms with Crippen molar-refractivity contribution in [3.05, 3.63) is 29.3 Å². The minimum atomic E-state index is -1.25. The summed E-state index contributed by atoms with van der Waals surface area (Å²) in [5.74, 6) is -2.08. The number of nitrogens with zero attached hydrogens (tertiary/aromatic N) is 2. The van der Waals surface area contributed by atoms with Gasteiger partial charge in [0.2, 0.25) is 5.95 Å². The summed E-state index contributed by atoms with van der Waals surface area (Å²) in [6.07, 6.45) is 0.810. The van der Waals surface area contributed by atoms with Gasteiger partial charge in [0.1, 0.15) is 5.60 Å². The molecule has 7 heteroatoms. The van der Waals surface area contributed by atoms with Gasteiger partial charge in [-0.1, -0.05) is 6.07 Å². The predicted molar refractivity (Wildman–Crippen MR) is 80.9 cm³/mol. The summed E-state index contributed by atoms with van der Waals surface area (Å²) in [6.45, 7) is 6.37. The van der Waals surface area contributed by atoms with Crippen molar-refractivity contribution >= 4 is 12.1 Å². The topological polar surface area (TPSA) is 79.7 Å². The maximum atomic E-state index is 14.0. The van der Waals surface area contributed by atoms with E-state index >= 15 is 0 Å². The highest BCUT2D eigenvalue weighted by Gasteiger charge is 2.29. The molecule has 2 heterocycles. The van der Waals surface area contributed by atoms with E-state index in [-0.39, 0.29) is 17.7 Å². The highest BCUT2D eigenvalue weighted by molar-refractivity contribution is 5.85. The third-order valence-corrected chi connectivity index (χ3v) is 3.68. The Balaban J connectivity index is 1.99. The van der Waals surface area contributed by atoms with Gasteiger partial charge >= 0.3 is 12.1 Å². The van der Waals surface area contributed by atoms with Crippen LogP contribution in [-0.2, 0) is 4.74 Å². The number of carboxylic acids is 1. The molecule has 0 saturated carbocycles. The van der Waals surface area contributed by atoms with Gasteiger partial charge in [0.15, 0.2) is 5.69 Å². The van der Waals surface area contributed by atoms with Gasteiger partial charge in [-0.25, -0.2) is 14.6 Å². The number of halogens is 1. The molecule has 0 atom stereocenters. The zero-order valence-corrected chi connectivity index (χ0v) is 13.5. The summed E-state index contributed by atoms with van der Waals surface area (Å²) < 4.78 is 19.3. The Kier molecular flexibility index (Phi) is 4.87. The lowest BCUT2D eigenvalue weighted by Gasteiger charge is -2.33. The quantitative estimate of drug-likeness (QED) is 0.846. The van der Waals surface area contributed by atoms with Gasteiger partial charge < -0.3 is 14.7 Å². The number of likely N-dealkylation sites (tertiary alicyclic amines) is 1. The molecule has 1 fully saturated rings. The summed E-state index contributed by atoms with van der Waals surface area (Å²) >= 11 is 0. The number of carbonyl (C=O) groups excluding carboxylic acids is 1. The first-order valence-electron chi connectivity index (χ1n) is 7.55. The van der Waals surface area contributed by atoms with Crippen LogP contribution in [0.2, 0.25) is 0 Å². The lowest BCUT2D eigenvalue weighted by atomic mass is 9.90. The lowest BCUT2D eigenvalue weighted by molar-refractivity contribution is 0.0204. The van der Waals surface area contributed by atoms with Crippen LogP contribution in [0.15, 0.2) is 12.1 Å². The van der Waals surface area contributed by atoms with E-state index in [4.69, 9.17) is 9.84 Å². The zero-order valence-electron chi connectivity index (χ0n) is 13.5. The number of amides is 1. The first-order valence-corrected chi connectivity index (χ1v) is 7.55. The van der Waals surface area contributed by atoms with Crippen LogP contribution in [0.25, 0.3) is 0 Å². The normalized spacial score (nSPS) is 16.3. The van der Waals surface area contributed by atoms with Gasteiger partial charge in [0.25, 0.3) is 0 Å². The Hall–Kier alpha value is -2.18. The van der Waals surface area contributed by atoms with Crippen molar-refractivity contribution in [2.24, 2.45) is 0 Å². The largest absolute Gasteiger partial charge is 0.477 e. The highest BCUT2D eigenvalue weighted by Crippen LogP contribution is 2.30. The van der Waals surface area contributed by atoms with Crippen LogP contribution < -0.4 is 0 Å². The Morgan fingerprint density at radius 2 is 1.91 bits per heavy atom. The number of hydrogen-bond donors (Lipinski definition) is 1. The predicted octanol–water partition coefficient (Wildman–Crippen LogP) is 3.03. The van der Waals surface area contributed by atoms with Crippen LogP contribution in [-0.4, -0.2) is 45.7 Å². The first-order chi connectivity index (χ1) is 10.7. The number of carboxylic acid groups (broad SMARTS) is 1. The Morgan fingerprint density at radius 1 is 1.30 bits per heavy atom. The van der Waals surface area contributed by atoms with Crippen molar-refractivity contribution in [1.82, 2.24) is 9.88 Å². The van der Waals surface area contributed by atoms with Crippen molar-refractivity contribution < 1.29 is 23.8 Å². The van der Waals surface area contributed by atoms with E-state index in [1.807, 2.05) is 20.8 Å². The second-order valence-electron chi connectivity index (χ2n) is 6.62. The molecule has 0 unspecified atom stereocenters. The first kappa shape index (κ1) is 17.2. The summed E-state index contributed by atoms with van der Waals surface area (Å²) in [5, 5.41) is 8.81. The zero-order chi connectivity index (χ0) is 17.2. The molecule has 1 saturated heterocycles. The monoisotopic (exact) mass is 324 g/mol. The fourth-order valence-corrected chi connectivity index (χ4v) is 2.57. The molecule has 1 aliphatic heterocycles. The fourth-order valence-electron chi connectivity index (χ4n) is 2.57. The Bertz CT molecular complexity index is 605. The van der Waals surface area contributed by atoms with Gasteiger partial charge in [0.05, 0.1) is 0 Å². The number of ether oxygens (including phenoxy) is 1. The SMILES string of the molecule is CC(C)(C)OC(=O)N1CCC(c2ccc(C(=O)O)nc2F)CC1. The Morgan fingerprint density at radius 3 is 2.39 bits per heavy atom. The number of pyridine rings is 1. The molecule has 1 aliphatic rings. The molecule has 0 bridgehead atoms. The van der Waals surface area contributed by atoms with Gasteiger partial charge in [-0.3, -0.25) is 0 Å². The smallest absolute Gasteiger partial charge is 0.410 e. The van der Waals surface area contributed by atoms with E-state index in [0.29, 0.717) is 31.5 Å². The van der Waals surface area contributed by atoms with Gasteiger partial charge in [0, 0.05) is 18.7 Å². The van der Waals surface area contributed by atoms with Crippen LogP contribution in [0, 0.1) is 5.95 Å². The summed E-state index contributed by atoms with van der Waals surface area (Å²) in [5.41, 5.74) is -0.451. The van der Waals surface area contributed by atoms with Gasteiger partial charge in [-0.05, 0) is 45.6 Å². The molecule has 0 aliphatic carbocycles. The van der Waals surface area contributed by atoms with Crippen LogP contribution in [0.3, 0.4) is 0 Å². The van der Waals surface area contributed by atoms with E-state index in [0.717, 1.165) is 0 Å². The van der Waals surface area contributed by atoms with Crippen LogP contribution in [0.4, 0.5) is 9.18 Å². The summed E-state index contributed by atoms with van der Waals surface area (Å²) in [4.78, 5) is 27.9. The standard InChI is InChI=1S/C16H21FN2O4/c1-16(2,3)23-15(22)19-8-6-10(7-9-19)11-4-5-12(14(20)21)18-13(11)17/h4-5,10H,6-9H2,1-3H3,(H,20,21). The van der Waals surface area contributed by atoms with E-state index in [9.17, 15) is 14.0 Å². The van der Waals surface area contributed by atoms with Crippen molar-refractivity contribution in [3.63, 3.8) is 0 Å². The van der Waals surface area contributed by atoms with Crippen molar-refractivity contribution in [3.8, 4) is 0 Å². The molecule has 1 aromatic heterocycles. The minimum absolute atomic E-state index is 0.0796. The van der Waals surface area contributed by atoms with Crippen LogP contribution in [0.5, 0.6) is 0 Å². The molecule has 1 aromatic rings. The summed E-state index contributed by atoms with van der Waals surface area (Å²) in [6, 6.07) is 2.78. The maximum Gasteiger partial charge on any atom is 0.410 e. The second-order valence-corrected chi connectivity index (χ2v) is 6.62. The van der Waals surface area contributed by atoms with Crippen molar-refractivity contribution in [2.75, 3.05) is 13.1 Å². The molecule has 1 N–H and O–H groups in total. The highest BCUT2D eigenvalue weighted by atomic mass is 19.1. The van der Waals surface area contributed by atoms with E-state index in [1.165, 1.54) is 12.1 Å². The van der Waals surface area contributed by atoms with Gasteiger partial charge in [-0.2, -0.15) is 4.39 Å². The molecule has 23 heavy (non-hydrogen) atoms. The van der Waals surface area contributed by atoms with E-state index in [1.54, 1.807) is 4.90 Å². The number of rotatable bonds is 2. The third kappa shape index (κ3) is 4.40. The molecule has 0 radical (unpaired) electrons. The molecule has 2 rings (SSSR count). The minimum Gasteiger partial charge on any atom is -0.477 e. The number of carbonyl (C=O) groups is 2. The average Bonchev–Trinajstić information content (AvgIpc) is 2.45. The van der Waals surface area contributed by atoms with Crippen LogP contribution in [0.1, 0.15) is 55.6 Å². The number of aromatic carboxylic acids is 1. The molecule has 1 amide bonds. The van der Waals surface area contributed by atoms with Crippen molar-refractivity contribution in [2.45, 2.75) is 45.1 Å². The number of piperidine rings is 1. The van der Waals surface area contributed by atoms with Gasteiger partial charge in [-0.15, -0.1) is 0 Å². The third-order valence-electron chi connectivity index (χ3n) is 3.68.